The Bertz CT molecular complexity index is 544. The number of benzene rings is 1. The minimum Gasteiger partial charge on any atom is -0.324 e. The molecule has 106 valence electrons. The van der Waals surface area contributed by atoms with Crippen LogP contribution in [-0.4, -0.2) is 38.6 Å². The summed E-state index contributed by atoms with van der Waals surface area (Å²) in [5, 5.41) is 2.57. The Kier molecular flexibility index (Phi) is 5.84. The predicted molar refractivity (Wildman–Crippen MR) is 79.2 cm³/mol. The fraction of sp³-hybridized carbons (Fsp3) is 0.417. The first-order chi connectivity index (χ1) is 8.86. The van der Waals surface area contributed by atoms with Crippen LogP contribution in [0, 0.1) is 0 Å². The smallest absolute Gasteiger partial charge is 0.241 e. The minimum atomic E-state index is -3.38. The summed E-state index contributed by atoms with van der Waals surface area (Å²) in [7, 11) is -3.38. The second-order valence-corrected chi connectivity index (χ2v) is 7.12. The third-order valence-corrected chi connectivity index (χ3v) is 4.31. The number of hydrogen-bond acceptors (Lipinski definition) is 5. The number of anilines is 1. The molecular formula is C12H18N2O3S2. The molecule has 0 heterocycles. The Balaban J connectivity index is 2.86. The summed E-state index contributed by atoms with van der Waals surface area (Å²) < 4.78 is 23.2. The molecule has 0 saturated heterocycles. The molecule has 0 unspecified atom stereocenters. The molecule has 0 aliphatic rings. The van der Waals surface area contributed by atoms with Crippen molar-refractivity contribution in [3.8, 4) is 0 Å². The van der Waals surface area contributed by atoms with Crippen LogP contribution in [0.5, 0.6) is 0 Å². The number of carbonyl (C=O) groups excluding carboxylic acids is 1. The van der Waals surface area contributed by atoms with Crippen molar-refractivity contribution < 1.29 is 13.2 Å². The van der Waals surface area contributed by atoms with Gasteiger partial charge in [-0.2, -0.15) is 11.8 Å². The molecule has 0 aliphatic carbocycles. The molecule has 1 amide bonds. The lowest BCUT2D eigenvalue weighted by Gasteiger charge is -2.13. The SMILES string of the molecule is CSCC[C@@H](N)C(=O)Nc1ccccc1S(C)(=O)=O. The van der Waals surface area contributed by atoms with Crippen LogP contribution in [0.4, 0.5) is 5.69 Å². The fourth-order valence-electron chi connectivity index (χ4n) is 1.49. The van der Waals surface area contributed by atoms with Crippen molar-refractivity contribution in [1.82, 2.24) is 0 Å². The van der Waals surface area contributed by atoms with Gasteiger partial charge in [0.05, 0.1) is 16.6 Å². The lowest BCUT2D eigenvalue weighted by atomic mass is 10.2. The van der Waals surface area contributed by atoms with Crippen molar-refractivity contribution in [2.75, 3.05) is 23.6 Å². The first-order valence-corrected chi connectivity index (χ1v) is 8.99. The third-order valence-electron chi connectivity index (χ3n) is 2.51. The van der Waals surface area contributed by atoms with E-state index in [0.29, 0.717) is 6.42 Å². The van der Waals surface area contributed by atoms with Gasteiger partial charge < -0.3 is 11.1 Å². The van der Waals surface area contributed by atoms with Crippen molar-refractivity contribution in [2.24, 2.45) is 5.73 Å². The zero-order valence-corrected chi connectivity index (χ0v) is 12.6. The summed E-state index contributed by atoms with van der Waals surface area (Å²) in [5.74, 6) is 0.410. The summed E-state index contributed by atoms with van der Waals surface area (Å²) in [4.78, 5) is 12.0. The average Bonchev–Trinajstić information content (AvgIpc) is 2.35. The van der Waals surface area contributed by atoms with Gasteiger partial charge in [-0.15, -0.1) is 0 Å². The van der Waals surface area contributed by atoms with Gasteiger partial charge in [-0.05, 0) is 30.6 Å². The topological polar surface area (TPSA) is 89.3 Å². The maximum Gasteiger partial charge on any atom is 0.241 e. The van der Waals surface area contributed by atoms with E-state index in [2.05, 4.69) is 5.32 Å². The summed E-state index contributed by atoms with van der Waals surface area (Å²) in [6.45, 7) is 0. The van der Waals surface area contributed by atoms with E-state index in [0.717, 1.165) is 12.0 Å². The zero-order valence-electron chi connectivity index (χ0n) is 10.9. The lowest BCUT2D eigenvalue weighted by Crippen LogP contribution is -2.36. The Hall–Kier alpha value is -1.05. The van der Waals surface area contributed by atoms with Gasteiger partial charge in [-0.3, -0.25) is 4.79 Å². The molecule has 0 spiro atoms. The van der Waals surface area contributed by atoms with E-state index in [9.17, 15) is 13.2 Å². The summed E-state index contributed by atoms with van der Waals surface area (Å²) in [6, 6.07) is 5.64. The number of thioether (sulfide) groups is 1. The summed E-state index contributed by atoms with van der Waals surface area (Å²) in [6.07, 6.45) is 3.59. The monoisotopic (exact) mass is 302 g/mol. The van der Waals surface area contributed by atoms with Crippen LogP contribution in [0.25, 0.3) is 0 Å². The number of para-hydroxylation sites is 1. The van der Waals surface area contributed by atoms with Crippen LogP contribution >= 0.6 is 11.8 Å². The molecule has 0 saturated carbocycles. The molecule has 7 heteroatoms. The molecule has 19 heavy (non-hydrogen) atoms. The molecule has 5 nitrogen and oxygen atoms in total. The number of nitrogens with two attached hydrogens (primary N) is 1. The normalized spacial score (nSPS) is 13.0. The maximum absolute atomic E-state index is 11.9. The molecule has 0 aromatic heterocycles. The van der Waals surface area contributed by atoms with Crippen LogP contribution in [0.2, 0.25) is 0 Å². The van der Waals surface area contributed by atoms with Crippen LogP contribution in [0.1, 0.15) is 6.42 Å². The van der Waals surface area contributed by atoms with Crippen molar-refractivity contribution >= 4 is 33.2 Å². The lowest BCUT2D eigenvalue weighted by molar-refractivity contribution is -0.117. The van der Waals surface area contributed by atoms with Gasteiger partial charge in [-0.1, -0.05) is 12.1 Å². The Labute approximate surface area is 117 Å². The van der Waals surface area contributed by atoms with Crippen molar-refractivity contribution in [3.63, 3.8) is 0 Å². The summed E-state index contributed by atoms with van der Waals surface area (Å²) in [5.41, 5.74) is 6.01. The first kappa shape index (κ1) is 16.0. The molecule has 3 N–H and O–H groups in total. The van der Waals surface area contributed by atoms with Gasteiger partial charge in [0.15, 0.2) is 9.84 Å². The number of amides is 1. The average molecular weight is 302 g/mol. The molecule has 0 fully saturated rings. The fourth-order valence-corrected chi connectivity index (χ4v) is 2.83. The number of nitrogens with one attached hydrogen (secondary N) is 1. The quantitative estimate of drug-likeness (QED) is 0.821. The van der Waals surface area contributed by atoms with Gasteiger partial charge >= 0.3 is 0 Å². The largest absolute Gasteiger partial charge is 0.324 e. The van der Waals surface area contributed by atoms with E-state index in [1.807, 2.05) is 6.26 Å². The van der Waals surface area contributed by atoms with Gasteiger partial charge in [0.1, 0.15) is 0 Å². The second kappa shape index (κ2) is 6.93. The van der Waals surface area contributed by atoms with Gasteiger partial charge in [0.25, 0.3) is 0 Å². The predicted octanol–water partition coefficient (Wildman–Crippen LogP) is 1.11. The van der Waals surface area contributed by atoms with E-state index < -0.39 is 15.9 Å². The van der Waals surface area contributed by atoms with E-state index in [1.165, 1.54) is 6.07 Å². The van der Waals surface area contributed by atoms with Crippen LogP contribution in [0.15, 0.2) is 29.2 Å². The highest BCUT2D eigenvalue weighted by molar-refractivity contribution is 7.98. The Morgan fingerprint density at radius 1 is 1.42 bits per heavy atom. The minimum absolute atomic E-state index is 0.0976. The molecule has 0 aliphatic heterocycles. The van der Waals surface area contributed by atoms with E-state index in [-0.39, 0.29) is 16.5 Å². The number of sulfone groups is 1. The molecule has 0 radical (unpaired) electrons. The zero-order chi connectivity index (χ0) is 14.5. The molecule has 1 aromatic carbocycles. The first-order valence-electron chi connectivity index (χ1n) is 5.70. The third kappa shape index (κ3) is 4.85. The highest BCUT2D eigenvalue weighted by Crippen LogP contribution is 2.20. The summed E-state index contributed by atoms with van der Waals surface area (Å²) >= 11 is 1.61. The van der Waals surface area contributed by atoms with Gasteiger partial charge in [-0.25, -0.2) is 8.42 Å². The molecule has 1 rings (SSSR count). The van der Waals surface area contributed by atoms with E-state index in [1.54, 1.807) is 30.0 Å². The van der Waals surface area contributed by atoms with Crippen LogP contribution in [-0.2, 0) is 14.6 Å². The van der Waals surface area contributed by atoms with Gasteiger partial charge in [0.2, 0.25) is 5.91 Å². The highest BCUT2D eigenvalue weighted by atomic mass is 32.2. The van der Waals surface area contributed by atoms with E-state index >= 15 is 0 Å². The number of carbonyl (C=O) groups is 1. The Morgan fingerprint density at radius 2 is 2.05 bits per heavy atom. The molecule has 1 atom stereocenters. The van der Waals surface area contributed by atoms with Crippen molar-refractivity contribution in [3.05, 3.63) is 24.3 Å². The second-order valence-electron chi connectivity index (χ2n) is 4.15. The maximum atomic E-state index is 11.9. The van der Waals surface area contributed by atoms with Gasteiger partial charge in [0, 0.05) is 6.26 Å². The highest BCUT2D eigenvalue weighted by Gasteiger charge is 2.17. The standard InChI is InChI=1S/C12H18N2O3S2/c1-18-8-7-9(13)12(15)14-10-5-3-4-6-11(10)19(2,16)17/h3-6,9H,7-8,13H2,1-2H3,(H,14,15)/t9-/m1/s1. The van der Waals surface area contributed by atoms with Crippen molar-refractivity contribution in [1.29, 1.82) is 0 Å². The van der Waals surface area contributed by atoms with Crippen LogP contribution < -0.4 is 11.1 Å². The molecular weight excluding hydrogens is 284 g/mol. The Morgan fingerprint density at radius 3 is 2.63 bits per heavy atom. The van der Waals surface area contributed by atoms with E-state index in [4.69, 9.17) is 5.73 Å². The molecule has 0 bridgehead atoms. The molecule has 1 aromatic rings. The number of hydrogen-bond donors (Lipinski definition) is 2. The van der Waals surface area contributed by atoms with Crippen molar-refractivity contribution in [2.45, 2.75) is 17.4 Å². The number of rotatable bonds is 6. The van der Waals surface area contributed by atoms with Crippen LogP contribution in [0.3, 0.4) is 0 Å².